The first kappa shape index (κ1) is 22.9. The van der Waals surface area contributed by atoms with E-state index in [-0.39, 0.29) is 29.2 Å². The van der Waals surface area contributed by atoms with Crippen LogP contribution in [-0.2, 0) is 23.8 Å². The van der Waals surface area contributed by atoms with Gasteiger partial charge in [-0.25, -0.2) is 0 Å². The minimum Gasteiger partial charge on any atom is -0.463 e. The molecule has 4 rings (SSSR count). The van der Waals surface area contributed by atoms with Crippen LogP contribution >= 0.6 is 0 Å². The van der Waals surface area contributed by atoms with E-state index >= 15 is 0 Å². The highest BCUT2D eigenvalue weighted by Gasteiger charge is 2.61. The van der Waals surface area contributed by atoms with E-state index in [2.05, 4.69) is 11.1 Å². The van der Waals surface area contributed by atoms with Crippen molar-refractivity contribution in [3.63, 3.8) is 0 Å². The SMILES string of the molecule is CC(=O)O[C@@H]1CC[C@@]2(C)[C@@H](CC[C@@H]3[C@@H]2CC[C@]2(C)C(OS(=O)(=O)C(F)(F)F)=CC[C@@H]32)C1. The number of esters is 1. The molecule has 4 aliphatic carbocycles. The van der Waals surface area contributed by atoms with Crippen LogP contribution in [0.3, 0.4) is 0 Å². The lowest BCUT2D eigenvalue weighted by Crippen LogP contribution is -2.54. The standard InChI is InChI=1S/C22H31F3O5S/c1-13(26)29-15-8-10-20(2)14(12-15)4-5-16-17-6-7-19(21(17,3)11-9-18(16)20)30-31(27,28)22(23,24)25/h7,14-18H,4-6,8-12H2,1-3H3/t14-,15+,16-,17-,18-,20-,21-/m0/s1. The summed E-state index contributed by atoms with van der Waals surface area (Å²) in [7, 11) is -5.66. The summed E-state index contributed by atoms with van der Waals surface area (Å²) in [4.78, 5) is 11.4. The molecule has 5 nitrogen and oxygen atoms in total. The van der Waals surface area contributed by atoms with Crippen molar-refractivity contribution in [3.8, 4) is 0 Å². The van der Waals surface area contributed by atoms with Gasteiger partial charge >= 0.3 is 21.6 Å². The first-order valence-corrected chi connectivity index (χ1v) is 12.6. The molecule has 0 saturated heterocycles. The second-order valence-electron chi connectivity index (χ2n) is 10.4. The Morgan fingerprint density at radius 1 is 1.10 bits per heavy atom. The fourth-order valence-corrected chi connectivity index (χ4v) is 7.97. The van der Waals surface area contributed by atoms with Crippen LogP contribution in [0.25, 0.3) is 0 Å². The number of fused-ring (bicyclic) bond motifs is 5. The third kappa shape index (κ3) is 3.68. The molecule has 0 bridgehead atoms. The zero-order chi connectivity index (χ0) is 22.8. The second-order valence-corrected chi connectivity index (χ2v) is 11.9. The van der Waals surface area contributed by atoms with Gasteiger partial charge in [0.05, 0.1) is 0 Å². The van der Waals surface area contributed by atoms with Crippen LogP contribution in [-0.4, -0.2) is 26.0 Å². The number of alkyl halides is 3. The maximum Gasteiger partial charge on any atom is 0.534 e. The molecule has 7 atom stereocenters. The van der Waals surface area contributed by atoms with Gasteiger partial charge in [0.25, 0.3) is 0 Å². The molecule has 0 aliphatic heterocycles. The van der Waals surface area contributed by atoms with E-state index in [1.165, 1.54) is 6.92 Å². The van der Waals surface area contributed by atoms with Crippen LogP contribution < -0.4 is 0 Å². The molecular formula is C22H31F3O5S. The Morgan fingerprint density at radius 3 is 2.45 bits per heavy atom. The zero-order valence-corrected chi connectivity index (χ0v) is 19.0. The van der Waals surface area contributed by atoms with Crippen molar-refractivity contribution in [2.45, 2.75) is 83.8 Å². The summed E-state index contributed by atoms with van der Waals surface area (Å²) in [6, 6.07) is 0. The van der Waals surface area contributed by atoms with E-state index < -0.39 is 21.0 Å². The molecule has 3 fully saturated rings. The number of carbonyl (C=O) groups excluding carboxylic acids is 1. The van der Waals surface area contributed by atoms with E-state index in [1.807, 2.05) is 6.92 Å². The molecule has 3 saturated carbocycles. The minimum atomic E-state index is -5.66. The van der Waals surface area contributed by atoms with Gasteiger partial charge in [0, 0.05) is 12.3 Å². The molecule has 0 aromatic heterocycles. The highest BCUT2D eigenvalue weighted by molar-refractivity contribution is 7.87. The monoisotopic (exact) mass is 464 g/mol. The predicted octanol–water partition coefficient (Wildman–Crippen LogP) is 5.32. The van der Waals surface area contributed by atoms with Gasteiger partial charge in [-0.3, -0.25) is 4.79 Å². The molecular weight excluding hydrogens is 433 g/mol. The number of rotatable bonds is 3. The summed E-state index contributed by atoms with van der Waals surface area (Å²) in [5, 5.41) is 0. The lowest BCUT2D eigenvalue weighted by atomic mass is 9.45. The first-order chi connectivity index (χ1) is 14.3. The smallest absolute Gasteiger partial charge is 0.463 e. The van der Waals surface area contributed by atoms with Gasteiger partial charge in [0.1, 0.15) is 11.9 Å². The van der Waals surface area contributed by atoms with Crippen LogP contribution in [0.2, 0.25) is 0 Å². The molecule has 31 heavy (non-hydrogen) atoms. The zero-order valence-electron chi connectivity index (χ0n) is 18.2. The molecule has 0 aromatic rings. The normalized spacial score (nSPS) is 42.6. The summed E-state index contributed by atoms with van der Waals surface area (Å²) in [5.74, 6) is 1.06. The molecule has 0 unspecified atom stereocenters. The van der Waals surface area contributed by atoms with Gasteiger partial charge in [-0.15, -0.1) is 0 Å². The van der Waals surface area contributed by atoms with Crippen LogP contribution in [0.15, 0.2) is 11.8 Å². The van der Waals surface area contributed by atoms with Gasteiger partial charge in [-0.2, -0.15) is 21.6 Å². The van der Waals surface area contributed by atoms with Crippen LogP contribution in [0.1, 0.15) is 72.1 Å². The lowest BCUT2D eigenvalue weighted by Gasteiger charge is -2.60. The quantitative estimate of drug-likeness (QED) is 0.321. The average Bonchev–Trinajstić information content (AvgIpc) is 2.96. The Kier molecular flexibility index (Phi) is 5.46. The third-order valence-corrected chi connectivity index (χ3v) is 9.91. The largest absolute Gasteiger partial charge is 0.534 e. The van der Waals surface area contributed by atoms with E-state index in [1.54, 1.807) is 6.08 Å². The minimum absolute atomic E-state index is 0.0262. The van der Waals surface area contributed by atoms with E-state index in [4.69, 9.17) is 4.74 Å². The lowest BCUT2D eigenvalue weighted by molar-refractivity contribution is -0.159. The summed E-state index contributed by atoms with van der Waals surface area (Å²) < 4.78 is 72.0. The van der Waals surface area contributed by atoms with E-state index in [0.717, 1.165) is 38.5 Å². The van der Waals surface area contributed by atoms with Gasteiger partial charge in [-0.1, -0.05) is 13.8 Å². The Balaban J connectivity index is 1.51. The first-order valence-electron chi connectivity index (χ1n) is 11.2. The molecule has 0 N–H and O–H groups in total. The third-order valence-electron chi connectivity index (χ3n) is 8.94. The predicted molar refractivity (Wildman–Crippen MR) is 107 cm³/mol. The van der Waals surface area contributed by atoms with E-state index in [9.17, 15) is 26.4 Å². The van der Waals surface area contributed by atoms with Crippen molar-refractivity contribution < 1.29 is 35.3 Å². The molecule has 4 aliphatic rings. The van der Waals surface area contributed by atoms with Gasteiger partial charge in [0.15, 0.2) is 0 Å². The topological polar surface area (TPSA) is 69.7 Å². The van der Waals surface area contributed by atoms with Gasteiger partial charge in [-0.05, 0) is 86.5 Å². The summed E-state index contributed by atoms with van der Waals surface area (Å²) in [5.41, 5.74) is -5.99. The Morgan fingerprint density at radius 2 is 1.81 bits per heavy atom. The average molecular weight is 465 g/mol. The van der Waals surface area contributed by atoms with Gasteiger partial charge < -0.3 is 8.92 Å². The van der Waals surface area contributed by atoms with Crippen molar-refractivity contribution in [1.82, 2.24) is 0 Å². The molecule has 0 heterocycles. The van der Waals surface area contributed by atoms with E-state index in [0.29, 0.717) is 30.6 Å². The molecule has 0 amide bonds. The van der Waals surface area contributed by atoms with Crippen LogP contribution in [0, 0.1) is 34.5 Å². The van der Waals surface area contributed by atoms with Crippen molar-refractivity contribution in [2.75, 3.05) is 0 Å². The maximum absolute atomic E-state index is 12.9. The number of hydrogen-bond donors (Lipinski definition) is 0. The van der Waals surface area contributed by atoms with Crippen molar-refractivity contribution in [2.24, 2.45) is 34.5 Å². The molecule has 0 radical (unpaired) electrons. The summed E-state index contributed by atoms with van der Waals surface area (Å²) >= 11 is 0. The number of ether oxygens (including phenoxy) is 1. The number of halogens is 3. The van der Waals surface area contributed by atoms with Crippen LogP contribution in [0.5, 0.6) is 0 Å². The fraction of sp³-hybridized carbons (Fsp3) is 0.864. The number of carbonyl (C=O) groups is 1. The Hall–Kier alpha value is -1.25. The fourth-order valence-electron chi connectivity index (χ4n) is 7.38. The highest BCUT2D eigenvalue weighted by atomic mass is 32.2. The Labute approximate surface area is 181 Å². The Bertz CT molecular complexity index is 882. The summed E-state index contributed by atoms with van der Waals surface area (Å²) in [6.07, 6.45) is 8.21. The van der Waals surface area contributed by atoms with Crippen molar-refractivity contribution >= 4 is 16.1 Å². The highest BCUT2D eigenvalue weighted by Crippen LogP contribution is 2.66. The number of hydrogen-bond acceptors (Lipinski definition) is 5. The van der Waals surface area contributed by atoms with Crippen molar-refractivity contribution in [1.29, 1.82) is 0 Å². The molecule has 9 heteroatoms. The maximum atomic E-state index is 12.9. The van der Waals surface area contributed by atoms with Crippen molar-refractivity contribution in [3.05, 3.63) is 11.8 Å². The number of allylic oxidation sites excluding steroid dienone is 2. The molecule has 0 aromatic carbocycles. The van der Waals surface area contributed by atoms with Gasteiger partial charge in [0.2, 0.25) is 0 Å². The summed E-state index contributed by atoms with van der Waals surface area (Å²) in [6.45, 7) is 5.64. The molecule has 176 valence electrons. The van der Waals surface area contributed by atoms with Crippen LogP contribution in [0.4, 0.5) is 13.2 Å². The second kappa shape index (κ2) is 7.39. The molecule has 0 spiro atoms.